The van der Waals surface area contributed by atoms with Gasteiger partial charge in [-0.05, 0) is 6.92 Å². The lowest BCUT2D eigenvalue weighted by molar-refractivity contribution is 0.101. The third-order valence-corrected chi connectivity index (χ3v) is 2.90. The molecule has 0 aliphatic carbocycles. The fraction of sp³-hybridized carbons (Fsp3) is 0.182. The molecule has 0 aromatic carbocycles. The molecule has 0 spiro atoms. The van der Waals surface area contributed by atoms with E-state index in [9.17, 15) is 4.79 Å². The van der Waals surface area contributed by atoms with Gasteiger partial charge in [0.15, 0.2) is 5.78 Å². The summed E-state index contributed by atoms with van der Waals surface area (Å²) in [6, 6.07) is 0. The summed E-state index contributed by atoms with van der Waals surface area (Å²) >= 11 is 0. The van der Waals surface area contributed by atoms with Crippen LogP contribution in [0.25, 0.3) is 17.0 Å². The number of carbonyl (C=O) groups is 1. The van der Waals surface area contributed by atoms with Crippen LogP contribution in [0.1, 0.15) is 17.3 Å². The standard InChI is InChI=1S/C11H11N7O/c1-6(19)7-3-13-4-8-9(7)17(2)11(16-8)18-10(12)14-5-15-18/h3-5H,1-2H3,(H2,12,14,15). The molecule has 0 aliphatic rings. The first-order valence-electron chi connectivity index (χ1n) is 5.57. The van der Waals surface area contributed by atoms with Crippen molar-refractivity contribution >= 4 is 22.8 Å². The second kappa shape index (κ2) is 3.87. The van der Waals surface area contributed by atoms with Gasteiger partial charge in [-0.15, -0.1) is 0 Å². The minimum Gasteiger partial charge on any atom is -0.368 e. The lowest BCUT2D eigenvalue weighted by Crippen LogP contribution is -2.09. The number of imidazole rings is 1. The summed E-state index contributed by atoms with van der Waals surface area (Å²) in [5, 5.41) is 4.01. The summed E-state index contributed by atoms with van der Waals surface area (Å²) in [5.74, 6) is 0.649. The van der Waals surface area contributed by atoms with Gasteiger partial charge < -0.3 is 10.3 Å². The molecule has 0 unspecified atom stereocenters. The Morgan fingerprint density at radius 3 is 2.79 bits per heavy atom. The van der Waals surface area contributed by atoms with Gasteiger partial charge in [0.25, 0.3) is 0 Å². The first-order chi connectivity index (χ1) is 9.09. The fourth-order valence-corrected chi connectivity index (χ4v) is 2.01. The Kier molecular flexibility index (Phi) is 2.31. The molecule has 0 saturated heterocycles. The number of nitrogen functional groups attached to an aromatic ring is 1. The molecule has 96 valence electrons. The van der Waals surface area contributed by atoms with E-state index < -0.39 is 0 Å². The highest BCUT2D eigenvalue weighted by molar-refractivity contribution is 6.04. The van der Waals surface area contributed by atoms with Crippen LogP contribution in [-0.2, 0) is 7.05 Å². The van der Waals surface area contributed by atoms with E-state index in [2.05, 4.69) is 20.1 Å². The Morgan fingerprint density at radius 2 is 2.16 bits per heavy atom. The SMILES string of the molecule is CC(=O)c1cncc2nc(-n3ncnc3N)n(C)c12. The number of Topliss-reactive ketones (excluding diaryl/α,β-unsaturated/α-hetero) is 1. The van der Waals surface area contributed by atoms with Crippen LogP contribution in [-0.4, -0.2) is 35.1 Å². The topological polar surface area (TPSA) is 105 Å². The van der Waals surface area contributed by atoms with E-state index in [1.165, 1.54) is 24.1 Å². The molecule has 0 aliphatic heterocycles. The normalized spacial score (nSPS) is 11.1. The maximum absolute atomic E-state index is 11.6. The smallest absolute Gasteiger partial charge is 0.234 e. The Balaban J connectivity index is 2.36. The van der Waals surface area contributed by atoms with Crippen molar-refractivity contribution in [3.8, 4) is 5.95 Å². The molecule has 3 rings (SSSR count). The maximum atomic E-state index is 11.6. The molecule has 0 saturated carbocycles. The third-order valence-electron chi connectivity index (χ3n) is 2.90. The van der Waals surface area contributed by atoms with E-state index in [0.717, 1.165) is 0 Å². The minimum atomic E-state index is -0.0702. The molecule has 0 bridgehead atoms. The van der Waals surface area contributed by atoms with Crippen molar-refractivity contribution < 1.29 is 4.79 Å². The molecule has 3 aromatic rings. The van der Waals surface area contributed by atoms with E-state index in [-0.39, 0.29) is 11.7 Å². The fourth-order valence-electron chi connectivity index (χ4n) is 2.01. The number of rotatable bonds is 2. The molecule has 8 nitrogen and oxygen atoms in total. The van der Waals surface area contributed by atoms with E-state index in [4.69, 9.17) is 5.73 Å². The lowest BCUT2D eigenvalue weighted by Gasteiger charge is -2.04. The highest BCUT2D eigenvalue weighted by atomic mass is 16.1. The van der Waals surface area contributed by atoms with Gasteiger partial charge in [0.05, 0.1) is 17.3 Å². The summed E-state index contributed by atoms with van der Waals surface area (Å²) in [7, 11) is 1.79. The second-order valence-electron chi connectivity index (χ2n) is 4.11. The molecule has 0 amide bonds. The number of aryl methyl sites for hydroxylation is 1. The molecule has 3 aromatic heterocycles. The summed E-state index contributed by atoms with van der Waals surface area (Å²) < 4.78 is 3.16. The van der Waals surface area contributed by atoms with Crippen molar-refractivity contribution in [2.75, 3.05) is 5.73 Å². The predicted molar refractivity (Wildman–Crippen MR) is 67.8 cm³/mol. The third kappa shape index (κ3) is 1.57. The van der Waals surface area contributed by atoms with Crippen molar-refractivity contribution in [3.05, 3.63) is 24.3 Å². The van der Waals surface area contributed by atoms with Crippen LogP contribution in [0.15, 0.2) is 18.7 Å². The molecular weight excluding hydrogens is 246 g/mol. The summed E-state index contributed by atoms with van der Waals surface area (Å²) in [4.78, 5) is 23.9. The number of fused-ring (bicyclic) bond motifs is 1. The van der Waals surface area contributed by atoms with Crippen LogP contribution < -0.4 is 5.73 Å². The lowest BCUT2D eigenvalue weighted by atomic mass is 10.2. The molecule has 0 atom stereocenters. The van der Waals surface area contributed by atoms with Gasteiger partial charge in [-0.2, -0.15) is 14.8 Å². The van der Waals surface area contributed by atoms with E-state index in [0.29, 0.717) is 22.5 Å². The monoisotopic (exact) mass is 257 g/mol. The number of pyridine rings is 1. The number of hydrogen-bond acceptors (Lipinski definition) is 6. The Morgan fingerprint density at radius 1 is 1.37 bits per heavy atom. The number of hydrogen-bond donors (Lipinski definition) is 1. The van der Waals surface area contributed by atoms with Gasteiger partial charge >= 0.3 is 0 Å². The number of anilines is 1. The Labute approximate surface area is 107 Å². The number of ketones is 1. The maximum Gasteiger partial charge on any atom is 0.234 e. The molecule has 2 N–H and O–H groups in total. The summed E-state index contributed by atoms with van der Waals surface area (Å²) in [6.45, 7) is 1.49. The van der Waals surface area contributed by atoms with Gasteiger partial charge in [-0.3, -0.25) is 9.78 Å². The first-order valence-corrected chi connectivity index (χ1v) is 5.57. The van der Waals surface area contributed by atoms with Crippen LogP contribution in [0.5, 0.6) is 0 Å². The molecule has 19 heavy (non-hydrogen) atoms. The summed E-state index contributed by atoms with van der Waals surface area (Å²) in [5.41, 5.74) is 7.54. The van der Waals surface area contributed by atoms with Crippen molar-refractivity contribution in [1.29, 1.82) is 0 Å². The van der Waals surface area contributed by atoms with Crippen LogP contribution in [0, 0.1) is 0 Å². The average Bonchev–Trinajstić information content (AvgIpc) is 2.93. The van der Waals surface area contributed by atoms with Crippen LogP contribution in [0.3, 0.4) is 0 Å². The van der Waals surface area contributed by atoms with Crippen molar-refractivity contribution in [2.45, 2.75) is 6.92 Å². The van der Waals surface area contributed by atoms with E-state index in [1.54, 1.807) is 17.8 Å². The average molecular weight is 257 g/mol. The summed E-state index contributed by atoms with van der Waals surface area (Å²) in [6.07, 6.45) is 4.47. The Bertz CT molecular complexity index is 786. The molecular formula is C11H11N7O. The quantitative estimate of drug-likeness (QED) is 0.663. The zero-order valence-electron chi connectivity index (χ0n) is 10.4. The van der Waals surface area contributed by atoms with Crippen molar-refractivity contribution in [1.82, 2.24) is 29.3 Å². The van der Waals surface area contributed by atoms with Crippen LogP contribution in [0.2, 0.25) is 0 Å². The largest absolute Gasteiger partial charge is 0.368 e. The van der Waals surface area contributed by atoms with Crippen molar-refractivity contribution in [3.63, 3.8) is 0 Å². The molecule has 8 heteroatoms. The number of nitrogens with two attached hydrogens (primary N) is 1. The highest BCUT2D eigenvalue weighted by Crippen LogP contribution is 2.21. The number of aromatic nitrogens is 6. The number of carbonyl (C=O) groups excluding carboxylic acids is 1. The minimum absolute atomic E-state index is 0.0702. The first kappa shape index (κ1) is 11.3. The molecule has 0 radical (unpaired) electrons. The van der Waals surface area contributed by atoms with Crippen molar-refractivity contribution in [2.24, 2.45) is 7.05 Å². The molecule has 0 fully saturated rings. The Hall–Kier alpha value is -2.77. The van der Waals surface area contributed by atoms with E-state index >= 15 is 0 Å². The van der Waals surface area contributed by atoms with Gasteiger partial charge in [0.1, 0.15) is 11.8 Å². The second-order valence-corrected chi connectivity index (χ2v) is 4.11. The zero-order chi connectivity index (χ0) is 13.6. The zero-order valence-corrected chi connectivity index (χ0v) is 10.4. The van der Waals surface area contributed by atoms with Crippen LogP contribution in [0.4, 0.5) is 5.95 Å². The highest BCUT2D eigenvalue weighted by Gasteiger charge is 2.17. The van der Waals surface area contributed by atoms with Gasteiger partial charge in [0, 0.05) is 13.2 Å². The molecule has 3 heterocycles. The number of nitrogens with zero attached hydrogens (tertiary/aromatic N) is 6. The van der Waals surface area contributed by atoms with E-state index in [1.807, 2.05) is 0 Å². The van der Waals surface area contributed by atoms with Crippen LogP contribution >= 0.6 is 0 Å². The van der Waals surface area contributed by atoms with Gasteiger partial charge in [-0.25, -0.2) is 4.98 Å². The van der Waals surface area contributed by atoms with Gasteiger partial charge in [0.2, 0.25) is 11.9 Å². The predicted octanol–water partition coefficient (Wildman–Crippen LogP) is 0.334. The van der Waals surface area contributed by atoms with Gasteiger partial charge in [-0.1, -0.05) is 0 Å².